The van der Waals surface area contributed by atoms with Gasteiger partial charge in [0.25, 0.3) is 0 Å². The minimum absolute atomic E-state index is 0.213. The predicted molar refractivity (Wildman–Crippen MR) is 84.8 cm³/mol. The summed E-state index contributed by atoms with van der Waals surface area (Å²) >= 11 is 0. The van der Waals surface area contributed by atoms with Gasteiger partial charge < -0.3 is 20.7 Å². The maximum absolute atomic E-state index is 8.97. The van der Waals surface area contributed by atoms with Crippen molar-refractivity contribution in [3.8, 4) is 5.75 Å². The molecule has 0 aromatic heterocycles. The molecule has 21 heavy (non-hydrogen) atoms. The maximum atomic E-state index is 8.97. The lowest BCUT2D eigenvalue weighted by Crippen LogP contribution is -2.25. The third-order valence-electron chi connectivity index (χ3n) is 2.99. The molecule has 0 amide bonds. The lowest BCUT2D eigenvalue weighted by atomic mass is 10.1. The van der Waals surface area contributed by atoms with E-state index in [9.17, 15) is 0 Å². The minimum atomic E-state index is -0.582. The fourth-order valence-corrected chi connectivity index (χ4v) is 1.78. The summed E-state index contributed by atoms with van der Waals surface area (Å²) in [7, 11) is 0. The number of aliphatic hydroxyl groups excluding tert-OH is 2. The van der Waals surface area contributed by atoms with Gasteiger partial charge in [0.1, 0.15) is 11.9 Å². The summed E-state index contributed by atoms with van der Waals surface area (Å²) in [6.07, 6.45) is 3.41. The Morgan fingerprint density at radius 2 is 1.33 bits per heavy atom. The van der Waals surface area contributed by atoms with Crippen molar-refractivity contribution in [2.45, 2.75) is 6.10 Å². The lowest BCUT2D eigenvalue weighted by Gasteiger charge is -2.14. The third-order valence-corrected chi connectivity index (χ3v) is 2.99. The van der Waals surface area contributed by atoms with Crippen LogP contribution in [0.25, 0.3) is 12.2 Å². The predicted octanol–water partition coefficient (Wildman–Crippen LogP) is 2.17. The second kappa shape index (κ2) is 7.47. The average molecular weight is 285 g/mol. The Balaban J connectivity index is 2.00. The van der Waals surface area contributed by atoms with Crippen LogP contribution in [-0.4, -0.2) is 29.5 Å². The van der Waals surface area contributed by atoms with Gasteiger partial charge in [-0.05, 0) is 35.4 Å². The van der Waals surface area contributed by atoms with E-state index in [0.717, 1.165) is 16.8 Å². The highest BCUT2D eigenvalue weighted by Crippen LogP contribution is 2.16. The van der Waals surface area contributed by atoms with Crippen LogP contribution < -0.4 is 10.5 Å². The Labute approximate surface area is 124 Å². The van der Waals surface area contributed by atoms with E-state index in [1.165, 1.54) is 0 Å². The Kier molecular flexibility index (Phi) is 5.37. The fraction of sp³-hybridized carbons (Fsp3) is 0.176. The smallest absolute Gasteiger partial charge is 0.145 e. The lowest BCUT2D eigenvalue weighted by molar-refractivity contribution is 0.0629. The molecule has 0 aliphatic carbocycles. The molecule has 4 heteroatoms. The molecule has 4 N–H and O–H groups in total. The summed E-state index contributed by atoms with van der Waals surface area (Å²) in [5.41, 5.74) is 8.49. The number of hydrogen-bond donors (Lipinski definition) is 3. The number of benzene rings is 2. The number of hydrogen-bond acceptors (Lipinski definition) is 4. The number of aliphatic hydroxyl groups is 2. The van der Waals surface area contributed by atoms with Crippen LogP contribution in [0.5, 0.6) is 5.75 Å². The van der Waals surface area contributed by atoms with E-state index in [1.807, 2.05) is 48.6 Å². The monoisotopic (exact) mass is 285 g/mol. The zero-order chi connectivity index (χ0) is 15.1. The molecule has 0 unspecified atom stereocenters. The van der Waals surface area contributed by atoms with Gasteiger partial charge in [-0.25, -0.2) is 0 Å². The van der Waals surface area contributed by atoms with Crippen molar-refractivity contribution in [1.82, 2.24) is 0 Å². The molecule has 0 spiro atoms. The van der Waals surface area contributed by atoms with Crippen molar-refractivity contribution in [2.24, 2.45) is 0 Å². The molecule has 0 aliphatic rings. The van der Waals surface area contributed by atoms with Gasteiger partial charge in [-0.2, -0.15) is 0 Å². The Bertz CT molecular complexity index is 572. The van der Waals surface area contributed by atoms with Crippen LogP contribution in [-0.2, 0) is 0 Å². The molecule has 0 saturated heterocycles. The molecule has 2 rings (SSSR count). The highest BCUT2D eigenvalue weighted by Gasteiger charge is 2.06. The molecular weight excluding hydrogens is 266 g/mol. The van der Waals surface area contributed by atoms with Gasteiger partial charge in [-0.1, -0.05) is 36.4 Å². The van der Waals surface area contributed by atoms with Gasteiger partial charge in [0, 0.05) is 5.69 Å². The summed E-state index contributed by atoms with van der Waals surface area (Å²) in [5, 5.41) is 17.9. The zero-order valence-electron chi connectivity index (χ0n) is 11.6. The Morgan fingerprint density at radius 1 is 0.857 bits per heavy atom. The minimum Gasteiger partial charge on any atom is -0.486 e. The van der Waals surface area contributed by atoms with Crippen LogP contribution in [0, 0.1) is 0 Å². The first-order valence-corrected chi connectivity index (χ1v) is 6.73. The quantitative estimate of drug-likeness (QED) is 0.561. The standard InChI is InChI=1S/C17H19NO3/c18-15-7-3-13(4-8-15)1-2-14-5-9-16(10-6-14)21-17(11-19)12-20/h1-10,17,19-20H,11-12,18H2/b2-1+. The van der Waals surface area contributed by atoms with E-state index in [0.29, 0.717) is 5.75 Å². The molecule has 0 atom stereocenters. The van der Waals surface area contributed by atoms with E-state index >= 15 is 0 Å². The number of nitrogens with two attached hydrogens (primary N) is 1. The molecule has 0 bridgehead atoms. The molecule has 0 radical (unpaired) electrons. The van der Waals surface area contributed by atoms with Crippen LogP contribution in [0.15, 0.2) is 48.5 Å². The zero-order valence-corrected chi connectivity index (χ0v) is 11.6. The number of rotatable bonds is 6. The van der Waals surface area contributed by atoms with Crippen molar-refractivity contribution in [3.05, 3.63) is 59.7 Å². The summed E-state index contributed by atoms with van der Waals surface area (Å²) < 4.78 is 5.41. The first-order chi connectivity index (χ1) is 10.2. The van der Waals surface area contributed by atoms with Gasteiger partial charge in [0.2, 0.25) is 0 Å². The van der Waals surface area contributed by atoms with Gasteiger partial charge in [-0.15, -0.1) is 0 Å². The largest absolute Gasteiger partial charge is 0.486 e. The fourth-order valence-electron chi connectivity index (χ4n) is 1.78. The first-order valence-electron chi connectivity index (χ1n) is 6.73. The van der Waals surface area contributed by atoms with Crippen molar-refractivity contribution in [1.29, 1.82) is 0 Å². The summed E-state index contributed by atoms with van der Waals surface area (Å²) in [4.78, 5) is 0. The Hall–Kier alpha value is -2.30. The molecule has 110 valence electrons. The molecule has 4 nitrogen and oxygen atoms in total. The molecule has 0 aliphatic heterocycles. The van der Waals surface area contributed by atoms with E-state index < -0.39 is 6.10 Å². The van der Waals surface area contributed by atoms with Crippen molar-refractivity contribution in [3.63, 3.8) is 0 Å². The molecule has 2 aromatic rings. The molecule has 0 saturated carbocycles. The van der Waals surface area contributed by atoms with Gasteiger partial charge >= 0.3 is 0 Å². The topological polar surface area (TPSA) is 75.7 Å². The number of anilines is 1. The second-order valence-corrected chi connectivity index (χ2v) is 4.67. The van der Waals surface area contributed by atoms with Crippen LogP contribution in [0.4, 0.5) is 5.69 Å². The van der Waals surface area contributed by atoms with Gasteiger partial charge in [-0.3, -0.25) is 0 Å². The highest BCUT2D eigenvalue weighted by atomic mass is 16.5. The number of ether oxygens (including phenoxy) is 1. The van der Waals surface area contributed by atoms with Gasteiger partial charge in [0.05, 0.1) is 13.2 Å². The third kappa shape index (κ3) is 4.63. The summed E-state index contributed by atoms with van der Waals surface area (Å²) in [6.45, 7) is -0.426. The summed E-state index contributed by atoms with van der Waals surface area (Å²) in [6, 6.07) is 15.1. The van der Waals surface area contributed by atoms with Gasteiger partial charge in [0.15, 0.2) is 0 Å². The maximum Gasteiger partial charge on any atom is 0.145 e. The highest BCUT2D eigenvalue weighted by molar-refractivity contribution is 5.70. The first kappa shape index (κ1) is 15.1. The summed E-state index contributed by atoms with van der Waals surface area (Å²) in [5.74, 6) is 0.618. The number of nitrogen functional groups attached to an aromatic ring is 1. The molecule has 2 aromatic carbocycles. The molecule has 0 fully saturated rings. The van der Waals surface area contributed by atoms with Crippen LogP contribution in [0.1, 0.15) is 11.1 Å². The van der Waals surface area contributed by atoms with E-state index in [-0.39, 0.29) is 13.2 Å². The molecular formula is C17H19NO3. The van der Waals surface area contributed by atoms with Crippen LogP contribution in [0.3, 0.4) is 0 Å². The van der Waals surface area contributed by atoms with Crippen LogP contribution in [0.2, 0.25) is 0 Å². The van der Waals surface area contributed by atoms with E-state index in [1.54, 1.807) is 12.1 Å². The SMILES string of the molecule is Nc1ccc(/C=C/c2ccc(OC(CO)CO)cc2)cc1. The van der Waals surface area contributed by atoms with Crippen LogP contribution >= 0.6 is 0 Å². The van der Waals surface area contributed by atoms with Crippen molar-refractivity contribution >= 4 is 17.8 Å². The Morgan fingerprint density at radius 3 is 1.81 bits per heavy atom. The molecule has 0 heterocycles. The van der Waals surface area contributed by atoms with E-state index in [4.69, 9.17) is 20.7 Å². The normalized spacial score (nSPS) is 11.2. The second-order valence-electron chi connectivity index (χ2n) is 4.67. The van der Waals surface area contributed by atoms with Crippen molar-refractivity contribution in [2.75, 3.05) is 18.9 Å². The average Bonchev–Trinajstić information content (AvgIpc) is 2.53. The van der Waals surface area contributed by atoms with Crippen molar-refractivity contribution < 1.29 is 14.9 Å². The van der Waals surface area contributed by atoms with E-state index in [2.05, 4.69) is 0 Å².